The lowest BCUT2D eigenvalue weighted by Gasteiger charge is -2.11. The number of pyridine rings is 1. The number of benzene rings is 1. The first-order chi connectivity index (χ1) is 9.29. The lowest BCUT2D eigenvalue weighted by Crippen LogP contribution is -2.16. The van der Waals surface area contributed by atoms with E-state index in [4.69, 9.17) is 0 Å². The van der Waals surface area contributed by atoms with Gasteiger partial charge in [0.05, 0.1) is 4.90 Å². The van der Waals surface area contributed by atoms with Gasteiger partial charge in [0, 0.05) is 0 Å². The third-order valence-corrected chi connectivity index (χ3v) is 4.20. The van der Waals surface area contributed by atoms with E-state index in [1.807, 2.05) is 6.92 Å². The zero-order valence-electron chi connectivity index (χ0n) is 10.8. The van der Waals surface area contributed by atoms with Crippen molar-refractivity contribution in [1.29, 1.82) is 0 Å². The molecule has 7 heteroatoms. The Balaban J connectivity index is 2.41. The smallest absolute Gasteiger partial charge is 0.262 e. The third kappa shape index (κ3) is 2.93. The van der Waals surface area contributed by atoms with Crippen LogP contribution in [0.25, 0.3) is 0 Å². The normalized spacial score (nSPS) is 11.4. The summed E-state index contributed by atoms with van der Waals surface area (Å²) in [5.74, 6) is -2.23. The Morgan fingerprint density at radius 1 is 1.10 bits per heavy atom. The molecule has 0 spiro atoms. The molecule has 1 aromatic heterocycles. The van der Waals surface area contributed by atoms with Crippen LogP contribution in [0.5, 0.6) is 0 Å². The average Bonchev–Trinajstić information content (AvgIpc) is 2.32. The van der Waals surface area contributed by atoms with Crippen molar-refractivity contribution in [2.24, 2.45) is 0 Å². The van der Waals surface area contributed by atoms with Gasteiger partial charge in [0.15, 0.2) is 0 Å². The van der Waals surface area contributed by atoms with Crippen LogP contribution in [-0.2, 0) is 10.0 Å². The molecule has 0 fully saturated rings. The molecular formula is C13H12F2N2O2S. The number of aryl methyl sites for hydroxylation is 2. The second-order valence-corrected chi connectivity index (χ2v) is 6.00. The quantitative estimate of drug-likeness (QED) is 0.886. The lowest BCUT2D eigenvalue weighted by atomic mass is 10.2. The summed E-state index contributed by atoms with van der Waals surface area (Å²) < 4.78 is 52.5. The van der Waals surface area contributed by atoms with E-state index in [9.17, 15) is 17.2 Å². The maximum absolute atomic E-state index is 13.4. The molecule has 0 radical (unpaired) electrons. The van der Waals surface area contributed by atoms with Crippen LogP contribution in [0.1, 0.15) is 11.1 Å². The fourth-order valence-corrected chi connectivity index (χ4v) is 3.07. The SMILES string of the molecule is Cc1ccc(S(=O)(=O)Nc2ccc(F)nc2F)c(C)c1. The Bertz CT molecular complexity index is 761. The van der Waals surface area contributed by atoms with Crippen LogP contribution in [0.15, 0.2) is 35.2 Å². The highest BCUT2D eigenvalue weighted by atomic mass is 32.2. The average molecular weight is 298 g/mol. The Labute approximate surface area is 115 Å². The zero-order valence-corrected chi connectivity index (χ0v) is 11.6. The first-order valence-corrected chi connectivity index (χ1v) is 7.20. The van der Waals surface area contributed by atoms with Gasteiger partial charge in [0.2, 0.25) is 11.9 Å². The summed E-state index contributed by atoms with van der Waals surface area (Å²) >= 11 is 0. The molecule has 0 aliphatic carbocycles. The van der Waals surface area contributed by atoms with Crippen LogP contribution >= 0.6 is 0 Å². The molecule has 1 N–H and O–H groups in total. The van der Waals surface area contributed by atoms with E-state index in [2.05, 4.69) is 9.71 Å². The molecule has 0 saturated carbocycles. The first-order valence-electron chi connectivity index (χ1n) is 5.72. The standard InChI is InChI=1S/C13H12F2N2O2S/c1-8-3-5-11(9(2)7-8)20(18,19)17-10-4-6-12(14)16-13(10)15/h3-7,17H,1-2H3. The predicted molar refractivity (Wildman–Crippen MR) is 70.9 cm³/mol. The van der Waals surface area contributed by atoms with E-state index in [0.29, 0.717) is 5.56 Å². The van der Waals surface area contributed by atoms with Gasteiger partial charge in [-0.15, -0.1) is 0 Å². The van der Waals surface area contributed by atoms with E-state index in [-0.39, 0.29) is 4.90 Å². The van der Waals surface area contributed by atoms with Gasteiger partial charge < -0.3 is 0 Å². The fraction of sp³-hybridized carbons (Fsp3) is 0.154. The van der Waals surface area contributed by atoms with Crippen molar-refractivity contribution in [2.45, 2.75) is 18.7 Å². The molecule has 0 atom stereocenters. The maximum Gasteiger partial charge on any atom is 0.262 e. The minimum Gasteiger partial charge on any atom is -0.275 e. The first kappa shape index (κ1) is 14.4. The summed E-state index contributed by atoms with van der Waals surface area (Å²) in [6.07, 6.45) is 0. The minimum absolute atomic E-state index is 0.0341. The van der Waals surface area contributed by atoms with Crippen LogP contribution in [0.2, 0.25) is 0 Å². The van der Waals surface area contributed by atoms with E-state index in [1.54, 1.807) is 19.1 Å². The zero-order chi connectivity index (χ0) is 14.9. The third-order valence-electron chi connectivity index (χ3n) is 2.68. The van der Waals surface area contributed by atoms with Crippen molar-refractivity contribution < 1.29 is 17.2 Å². The van der Waals surface area contributed by atoms with Crippen LogP contribution in [0, 0.1) is 25.7 Å². The molecule has 1 heterocycles. The summed E-state index contributed by atoms with van der Waals surface area (Å²) in [6, 6.07) is 6.64. The van der Waals surface area contributed by atoms with Crippen LogP contribution in [-0.4, -0.2) is 13.4 Å². The van der Waals surface area contributed by atoms with Gasteiger partial charge in [0.1, 0.15) is 5.69 Å². The van der Waals surface area contributed by atoms with E-state index >= 15 is 0 Å². The van der Waals surface area contributed by atoms with Crippen molar-refractivity contribution in [2.75, 3.05) is 4.72 Å². The van der Waals surface area contributed by atoms with Crippen molar-refractivity contribution in [3.8, 4) is 0 Å². The summed E-state index contributed by atoms with van der Waals surface area (Å²) in [5.41, 5.74) is 1.05. The highest BCUT2D eigenvalue weighted by Gasteiger charge is 2.19. The molecule has 4 nitrogen and oxygen atoms in total. The number of anilines is 1. The summed E-state index contributed by atoms with van der Waals surface area (Å²) in [7, 11) is -3.95. The molecule has 0 unspecified atom stereocenters. The summed E-state index contributed by atoms with van der Waals surface area (Å²) in [4.78, 5) is 2.96. The van der Waals surface area contributed by atoms with E-state index < -0.39 is 27.6 Å². The number of hydrogen-bond donors (Lipinski definition) is 1. The molecule has 2 aromatic rings. The molecule has 0 bridgehead atoms. The minimum atomic E-state index is -3.95. The molecule has 20 heavy (non-hydrogen) atoms. The van der Waals surface area contributed by atoms with Gasteiger partial charge >= 0.3 is 0 Å². The number of rotatable bonds is 3. The van der Waals surface area contributed by atoms with Gasteiger partial charge in [-0.2, -0.15) is 13.8 Å². The molecule has 106 valence electrons. The van der Waals surface area contributed by atoms with Crippen LogP contribution < -0.4 is 4.72 Å². The van der Waals surface area contributed by atoms with Crippen molar-refractivity contribution >= 4 is 15.7 Å². The van der Waals surface area contributed by atoms with Crippen molar-refractivity contribution in [1.82, 2.24) is 4.98 Å². The largest absolute Gasteiger partial charge is 0.275 e. The molecule has 0 aliphatic heterocycles. The Kier molecular flexibility index (Phi) is 3.71. The Morgan fingerprint density at radius 3 is 2.40 bits per heavy atom. The fourth-order valence-electron chi connectivity index (χ4n) is 1.79. The number of aromatic nitrogens is 1. The Hall–Kier alpha value is -2.02. The molecule has 0 aliphatic rings. The lowest BCUT2D eigenvalue weighted by molar-refractivity contribution is 0.515. The van der Waals surface area contributed by atoms with Gasteiger partial charge in [-0.25, -0.2) is 8.42 Å². The topological polar surface area (TPSA) is 59.1 Å². The van der Waals surface area contributed by atoms with Crippen molar-refractivity contribution in [3.05, 3.63) is 53.4 Å². The summed E-state index contributed by atoms with van der Waals surface area (Å²) in [6.45, 7) is 3.47. The Morgan fingerprint density at radius 2 is 1.80 bits per heavy atom. The van der Waals surface area contributed by atoms with Gasteiger partial charge in [0.25, 0.3) is 10.0 Å². The molecule has 0 saturated heterocycles. The van der Waals surface area contributed by atoms with Gasteiger partial charge in [-0.1, -0.05) is 17.7 Å². The van der Waals surface area contributed by atoms with E-state index in [1.165, 1.54) is 6.07 Å². The number of nitrogens with zero attached hydrogens (tertiary/aromatic N) is 1. The van der Waals surface area contributed by atoms with Gasteiger partial charge in [-0.3, -0.25) is 4.72 Å². The number of sulfonamides is 1. The number of nitrogens with one attached hydrogen (secondary N) is 1. The highest BCUT2D eigenvalue weighted by Crippen LogP contribution is 2.21. The van der Waals surface area contributed by atoms with Crippen LogP contribution in [0.4, 0.5) is 14.5 Å². The predicted octanol–water partition coefficient (Wildman–Crippen LogP) is 2.78. The molecular weight excluding hydrogens is 286 g/mol. The van der Waals surface area contributed by atoms with Crippen molar-refractivity contribution in [3.63, 3.8) is 0 Å². The molecule has 1 aromatic carbocycles. The number of hydrogen-bond acceptors (Lipinski definition) is 3. The monoisotopic (exact) mass is 298 g/mol. The second kappa shape index (κ2) is 5.16. The maximum atomic E-state index is 13.4. The van der Waals surface area contributed by atoms with Gasteiger partial charge in [-0.05, 0) is 37.6 Å². The molecule has 0 amide bonds. The number of halogens is 2. The highest BCUT2D eigenvalue weighted by molar-refractivity contribution is 7.92. The van der Waals surface area contributed by atoms with Crippen LogP contribution in [0.3, 0.4) is 0 Å². The molecule has 2 rings (SSSR count). The summed E-state index contributed by atoms with van der Waals surface area (Å²) in [5, 5.41) is 0. The second-order valence-electron chi connectivity index (χ2n) is 4.35. The van der Waals surface area contributed by atoms with E-state index in [0.717, 1.165) is 17.7 Å².